The van der Waals surface area contributed by atoms with Gasteiger partial charge in [0.25, 0.3) is 5.91 Å². The first-order valence-electron chi connectivity index (χ1n) is 10.1. The maximum absolute atomic E-state index is 12.9. The number of halogens is 2. The van der Waals surface area contributed by atoms with Crippen LogP contribution in [-0.4, -0.2) is 41.5 Å². The predicted molar refractivity (Wildman–Crippen MR) is 135 cm³/mol. The van der Waals surface area contributed by atoms with Crippen LogP contribution in [0, 0.1) is 0 Å². The molecular formula is C23H21BrClNO4S2. The van der Waals surface area contributed by atoms with Crippen LogP contribution in [0.25, 0.3) is 6.08 Å². The smallest absolute Gasteiger partial charge is 0.266 e. The third kappa shape index (κ3) is 5.48. The second-order valence-corrected chi connectivity index (χ2v) is 10.3. The van der Waals surface area contributed by atoms with E-state index in [2.05, 4.69) is 15.9 Å². The van der Waals surface area contributed by atoms with Gasteiger partial charge in [-0.15, -0.1) is 0 Å². The van der Waals surface area contributed by atoms with Crippen molar-refractivity contribution in [3.8, 4) is 11.5 Å². The predicted octanol–water partition coefficient (Wildman–Crippen LogP) is 6.07. The second kappa shape index (κ2) is 10.6. The summed E-state index contributed by atoms with van der Waals surface area (Å²) in [4.78, 5) is 15.1. The number of amides is 1. The van der Waals surface area contributed by atoms with E-state index in [-0.39, 0.29) is 12.0 Å². The highest BCUT2D eigenvalue weighted by Gasteiger charge is 2.34. The summed E-state index contributed by atoms with van der Waals surface area (Å²) in [6, 6.07) is 11.2. The fourth-order valence-electron chi connectivity index (χ4n) is 3.50. The standard InChI is InChI=1S/C23H21BrClNO4S2/c1-28-19-10-15(9-18(24)21(19)30-13-14-4-6-16(25)7-5-14)11-20-22(27)26(23(31)32-20)12-17-3-2-8-29-17/h4-7,9-11,17H,2-3,8,12-13H2,1H3/b20-11-/t17-/m0/s1. The number of thioether (sulfide) groups is 1. The fraction of sp³-hybridized carbons (Fsp3) is 0.304. The molecule has 9 heteroatoms. The van der Waals surface area contributed by atoms with Crippen LogP contribution in [0.2, 0.25) is 5.02 Å². The van der Waals surface area contributed by atoms with E-state index < -0.39 is 0 Å². The Morgan fingerprint density at radius 3 is 2.81 bits per heavy atom. The van der Waals surface area contributed by atoms with Gasteiger partial charge in [-0.25, -0.2) is 0 Å². The number of benzene rings is 2. The first-order chi connectivity index (χ1) is 15.4. The fourth-order valence-corrected chi connectivity index (χ4v) is 5.48. The normalized spacial score (nSPS) is 19.8. The van der Waals surface area contributed by atoms with Crippen molar-refractivity contribution >= 4 is 67.8 Å². The van der Waals surface area contributed by atoms with Crippen LogP contribution < -0.4 is 9.47 Å². The molecule has 2 saturated heterocycles. The molecule has 2 aromatic carbocycles. The molecule has 0 unspecified atom stereocenters. The molecule has 2 heterocycles. The van der Waals surface area contributed by atoms with Crippen molar-refractivity contribution in [2.75, 3.05) is 20.3 Å². The Balaban J connectivity index is 1.50. The Hall–Kier alpha value is -1.58. The molecule has 0 aliphatic carbocycles. The molecule has 32 heavy (non-hydrogen) atoms. The number of thiocarbonyl (C=S) groups is 1. The summed E-state index contributed by atoms with van der Waals surface area (Å²) < 4.78 is 18.5. The molecule has 0 spiro atoms. The molecule has 0 bridgehead atoms. The Morgan fingerprint density at radius 2 is 2.12 bits per heavy atom. The number of carbonyl (C=O) groups excluding carboxylic acids is 1. The van der Waals surface area contributed by atoms with Gasteiger partial charge in [0.15, 0.2) is 11.5 Å². The molecule has 1 atom stereocenters. The number of hydrogen-bond acceptors (Lipinski definition) is 6. The van der Waals surface area contributed by atoms with Gasteiger partial charge in [0.1, 0.15) is 10.9 Å². The molecule has 1 amide bonds. The van der Waals surface area contributed by atoms with Crippen molar-refractivity contribution in [2.45, 2.75) is 25.6 Å². The van der Waals surface area contributed by atoms with Crippen molar-refractivity contribution in [1.82, 2.24) is 4.90 Å². The van der Waals surface area contributed by atoms with E-state index in [1.165, 1.54) is 11.8 Å². The van der Waals surface area contributed by atoms with E-state index >= 15 is 0 Å². The number of nitrogens with zero attached hydrogens (tertiary/aromatic N) is 1. The SMILES string of the molecule is COc1cc(/C=C2\SC(=S)N(C[C@@H]3CCCO3)C2=O)cc(Br)c1OCc1ccc(Cl)cc1. The monoisotopic (exact) mass is 553 g/mol. The third-order valence-corrected chi connectivity index (χ3v) is 7.35. The molecule has 2 aliphatic rings. The summed E-state index contributed by atoms with van der Waals surface area (Å²) in [6.07, 6.45) is 3.86. The molecule has 2 fully saturated rings. The zero-order chi connectivity index (χ0) is 22.7. The van der Waals surface area contributed by atoms with Crippen LogP contribution in [-0.2, 0) is 16.1 Å². The van der Waals surface area contributed by atoms with E-state index in [1.54, 1.807) is 12.0 Å². The van der Waals surface area contributed by atoms with Gasteiger partial charge in [-0.3, -0.25) is 9.69 Å². The number of methoxy groups -OCH3 is 1. The van der Waals surface area contributed by atoms with Gasteiger partial charge in [0.2, 0.25) is 0 Å². The van der Waals surface area contributed by atoms with E-state index in [4.69, 9.17) is 38.0 Å². The van der Waals surface area contributed by atoms with E-state index in [0.717, 1.165) is 35.0 Å². The molecule has 2 aliphatic heterocycles. The molecule has 0 saturated carbocycles. The molecule has 0 aromatic heterocycles. The zero-order valence-electron chi connectivity index (χ0n) is 17.3. The summed E-state index contributed by atoms with van der Waals surface area (Å²) in [6.45, 7) is 1.62. The van der Waals surface area contributed by atoms with Crippen LogP contribution in [0.1, 0.15) is 24.0 Å². The minimum Gasteiger partial charge on any atom is -0.493 e. The van der Waals surface area contributed by atoms with Gasteiger partial charge in [0, 0.05) is 11.6 Å². The minimum atomic E-state index is -0.0892. The molecule has 5 nitrogen and oxygen atoms in total. The quantitative estimate of drug-likeness (QED) is 0.306. The summed E-state index contributed by atoms with van der Waals surface area (Å²) in [5.74, 6) is 1.06. The largest absolute Gasteiger partial charge is 0.493 e. The van der Waals surface area contributed by atoms with Gasteiger partial charge < -0.3 is 14.2 Å². The average Bonchev–Trinajstić information content (AvgIpc) is 3.38. The van der Waals surface area contributed by atoms with Crippen LogP contribution >= 0.6 is 51.5 Å². The first-order valence-corrected chi connectivity index (χ1v) is 12.5. The van der Waals surface area contributed by atoms with Crippen LogP contribution in [0.15, 0.2) is 45.8 Å². The third-order valence-electron chi connectivity index (χ3n) is 5.13. The zero-order valence-corrected chi connectivity index (χ0v) is 21.3. The molecule has 0 radical (unpaired) electrons. The van der Waals surface area contributed by atoms with E-state index in [0.29, 0.717) is 38.9 Å². The van der Waals surface area contributed by atoms with Crippen molar-refractivity contribution in [3.63, 3.8) is 0 Å². The molecule has 0 N–H and O–H groups in total. The maximum atomic E-state index is 12.9. The number of rotatable bonds is 7. The highest BCUT2D eigenvalue weighted by Crippen LogP contribution is 2.39. The summed E-state index contributed by atoms with van der Waals surface area (Å²) >= 11 is 16.3. The highest BCUT2D eigenvalue weighted by atomic mass is 79.9. The van der Waals surface area contributed by atoms with Gasteiger partial charge in [-0.2, -0.15) is 0 Å². The lowest BCUT2D eigenvalue weighted by Crippen LogP contribution is -2.35. The van der Waals surface area contributed by atoms with Gasteiger partial charge in [-0.1, -0.05) is 47.7 Å². The van der Waals surface area contributed by atoms with Crippen molar-refractivity contribution in [3.05, 3.63) is 61.9 Å². The number of hydrogen-bond donors (Lipinski definition) is 0. The van der Waals surface area contributed by atoms with E-state index in [9.17, 15) is 4.79 Å². The minimum absolute atomic E-state index is 0.0585. The molecular weight excluding hydrogens is 534 g/mol. The summed E-state index contributed by atoms with van der Waals surface area (Å²) in [7, 11) is 1.59. The molecule has 4 rings (SSSR count). The lowest BCUT2D eigenvalue weighted by Gasteiger charge is -2.18. The average molecular weight is 555 g/mol. The van der Waals surface area contributed by atoms with Gasteiger partial charge >= 0.3 is 0 Å². The Bertz CT molecular complexity index is 1050. The summed E-state index contributed by atoms with van der Waals surface area (Å²) in [5.41, 5.74) is 1.80. The Labute approximate surface area is 210 Å². The molecule has 2 aromatic rings. The van der Waals surface area contributed by atoms with E-state index in [1.807, 2.05) is 42.5 Å². The van der Waals surface area contributed by atoms with Crippen LogP contribution in [0.5, 0.6) is 11.5 Å². The Morgan fingerprint density at radius 1 is 1.34 bits per heavy atom. The lowest BCUT2D eigenvalue weighted by atomic mass is 10.1. The highest BCUT2D eigenvalue weighted by molar-refractivity contribution is 9.10. The first kappa shape index (κ1) is 23.6. The van der Waals surface area contributed by atoms with Crippen LogP contribution in [0.3, 0.4) is 0 Å². The number of carbonyl (C=O) groups is 1. The summed E-state index contributed by atoms with van der Waals surface area (Å²) in [5, 5.41) is 0.679. The van der Waals surface area contributed by atoms with Crippen molar-refractivity contribution in [2.24, 2.45) is 0 Å². The number of ether oxygens (including phenoxy) is 3. The lowest BCUT2D eigenvalue weighted by molar-refractivity contribution is -0.123. The topological polar surface area (TPSA) is 48.0 Å². The second-order valence-electron chi connectivity index (χ2n) is 7.38. The van der Waals surface area contributed by atoms with Crippen molar-refractivity contribution < 1.29 is 19.0 Å². The van der Waals surface area contributed by atoms with Gasteiger partial charge in [0.05, 0.1) is 29.1 Å². The maximum Gasteiger partial charge on any atom is 0.266 e. The molecule has 168 valence electrons. The van der Waals surface area contributed by atoms with Crippen molar-refractivity contribution in [1.29, 1.82) is 0 Å². The van der Waals surface area contributed by atoms with Gasteiger partial charge in [-0.05, 0) is 70.2 Å². The van der Waals surface area contributed by atoms with Crippen LogP contribution in [0.4, 0.5) is 0 Å². The Kier molecular flexibility index (Phi) is 7.78.